The first kappa shape index (κ1) is 23.9. The molecule has 2 aromatic rings. The largest absolute Gasteiger partial charge is 0.493 e. The van der Waals surface area contributed by atoms with Crippen LogP contribution in [0.15, 0.2) is 48.0 Å². The van der Waals surface area contributed by atoms with Crippen molar-refractivity contribution in [1.82, 2.24) is 9.80 Å². The van der Waals surface area contributed by atoms with Crippen LogP contribution in [0.4, 0.5) is 0 Å². The van der Waals surface area contributed by atoms with Crippen LogP contribution in [0, 0.1) is 0 Å². The number of benzene rings is 2. The normalized spacial score (nSPS) is 14.4. The van der Waals surface area contributed by atoms with Gasteiger partial charge in [-0.15, -0.1) is 0 Å². The van der Waals surface area contributed by atoms with Crippen LogP contribution in [0.5, 0.6) is 11.5 Å². The Morgan fingerprint density at radius 1 is 1.09 bits per heavy atom. The van der Waals surface area contributed by atoms with Gasteiger partial charge >= 0.3 is 0 Å². The lowest BCUT2D eigenvalue weighted by molar-refractivity contribution is 0.0755. The molecular formula is C27H36N2O3. The molecule has 1 amide bonds. The summed E-state index contributed by atoms with van der Waals surface area (Å²) >= 11 is 0. The molecule has 0 aromatic heterocycles. The predicted octanol–water partition coefficient (Wildman–Crippen LogP) is 4.91. The maximum atomic E-state index is 13.7. The number of hydrogen-bond donors (Lipinski definition) is 0. The maximum Gasteiger partial charge on any atom is 0.254 e. The molecule has 0 bridgehead atoms. The molecule has 1 aliphatic heterocycles. The third-order valence-electron chi connectivity index (χ3n) is 6.01. The van der Waals surface area contributed by atoms with Crippen LogP contribution in [0.2, 0.25) is 0 Å². The number of likely N-dealkylation sites (tertiary alicyclic amines) is 1. The lowest BCUT2D eigenvalue weighted by Gasteiger charge is -2.27. The van der Waals surface area contributed by atoms with E-state index >= 15 is 0 Å². The number of nitrogens with zero attached hydrogens (tertiary/aromatic N) is 2. The van der Waals surface area contributed by atoms with Crippen molar-refractivity contribution in [2.24, 2.45) is 0 Å². The summed E-state index contributed by atoms with van der Waals surface area (Å²) in [6.07, 6.45) is 5.41. The van der Waals surface area contributed by atoms with Crippen LogP contribution in [-0.2, 0) is 6.42 Å². The van der Waals surface area contributed by atoms with Gasteiger partial charge in [0.1, 0.15) is 0 Å². The molecule has 172 valence electrons. The van der Waals surface area contributed by atoms with E-state index in [1.165, 1.54) is 12.8 Å². The molecule has 0 radical (unpaired) electrons. The van der Waals surface area contributed by atoms with Gasteiger partial charge in [-0.05, 0) is 62.5 Å². The van der Waals surface area contributed by atoms with Gasteiger partial charge < -0.3 is 19.3 Å². The lowest BCUT2D eigenvalue weighted by atomic mass is 10.0. The van der Waals surface area contributed by atoms with Crippen LogP contribution in [0.25, 0.3) is 6.08 Å². The smallest absolute Gasteiger partial charge is 0.254 e. The number of hydrogen-bond acceptors (Lipinski definition) is 4. The predicted molar refractivity (Wildman–Crippen MR) is 131 cm³/mol. The van der Waals surface area contributed by atoms with Gasteiger partial charge in [0, 0.05) is 25.2 Å². The van der Waals surface area contributed by atoms with Crippen molar-refractivity contribution in [2.75, 3.05) is 46.9 Å². The number of rotatable bonds is 10. The Labute approximate surface area is 192 Å². The van der Waals surface area contributed by atoms with Gasteiger partial charge in [0.2, 0.25) is 0 Å². The van der Waals surface area contributed by atoms with Gasteiger partial charge in [-0.2, -0.15) is 0 Å². The maximum absolute atomic E-state index is 13.7. The van der Waals surface area contributed by atoms with Gasteiger partial charge in [-0.3, -0.25) is 4.79 Å². The molecular weight excluding hydrogens is 400 g/mol. The highest BCUT2D eigenvalue weighted by atomic mass is 16.5. The minimum atomic E-state index is 0.0284. The summed E-state index contributed by atoms with van der Waals surface area (Å²) in [7, 11) is 3.25. The van der Waals surface area contributed by atoms with Crippen molar-refractivity contribution < 1.29 is 14.3 Å². The number of carbonyl (C=O) groups excluding carboxylic acids is 1. The van der Waals surface area contributed by atoms with Crippen molar-refractivity contribution in [3.63, 3.8) is 0 Å². The zero-order valence-corrected chi connectivity index (χ0v) is 19.9. The molecule has 32 heavy (non-hydrogen) atoms. The van der Waals surface area contributed by atoms with E-state index in [-0.39, 0.29) is 5.91 Å². The van der Waals surface area contributed by atoms with Crippen molar-refractivity contribution in [3.05, 3.63) is 64.7 Å². The molecule has 0 saturated carbocycles. The van der Waals surface area contributed by atoms with Crippen molar-refractivity contribution in [2.45, 2.75) is 33.1 Å². The standard InChI is InChI=1S/C27H36N2O3/c1-5-23-18-24(19-25(31-3)26(23)32-4)27(30)29(16-15-28-13-9-10-14-28)20-21(2)17-22-11-7-6-8-12-22/h6-8,11-12,17-19H,5,9-10,13-16,20H2,1-4H3/b21-17+. The quantitative estimate of drug-likeness (QED) is 0.531. The third-order valence-corrected chi connectivity index (χ3v) is 6.01. The first-order chi connectivity index (χ1) is 15.5. The minimum absolute atomic E-state index is 0.0284. The lowest BCUT2D eigenvalue weighted by Crippen LogP contribution is -2.39. The summed E-state index contributed by atoms with van der Waals surface area (Å²) < 4.78 is 11.1. The Morgan fingerprint density at radius 3 is 2.44 bits per heavy atom. The highest BCUT2D eigenvalue weighted by molar-refractivity contribution is 5.95. The molecule has 0 atom stereocenters. The van der Waals surface area contributed by atoms with E-state index in [0.29, 0.717) is 30.2 Å². The van der Waals surface area contributed by atoms with Gasteiger partial charge in [-0.1, -0.05) is 48.9 Å². The molecule has 0 aliphatic carbocycles. The first-order valence-electron chi connectivity index (χ1n) is 11.5. The molecule has 2 aromatic carbocycles. The molecule has 3 rings (SSSR count). The molecule has 1 aliphatic rings. The van der Waals surface area contributed by atoms with E-state index in [4.69, 9.17) is 9.47 Å². The zero-order chi connectivity index (χ0) is 22.9. The first-order valence-corrected chi connectivity index (χ1v) is 11.5. The summed E-state index contributed by atoms with van der Waals surface area (Å²) in [5.74, 6) is 1.34. The fourth-order valence-electron chi connectivity index (χ4n) is 4.31. The number of carbonyl (C=O) groups is 1. The fraction of sp³-hybridized carbons (Fsp3) is 0.444. The van der Waals surface area contributed by atoms with Gasteiger partial charge in [0.05, 0.1) is 14.2 Å². The topological polar surface area (TPSA) is 42.0 Å². The molecule has 5 heteroatoms. The molecule has 0 N–H and O–H groups in total. The van der Waals surface area contributed by atoms with Gasteiger partial charge in [0.15, 0.2) is 11.5 Å². The Hall–Kier alpha value is -2.79. The average molecular weight is 437 g/mol. The van der Waals surface area contributed by atoms with E-state index in [1.54, 1.807) is 20.3 Å². The van der Waals surface area contributed by atoms with Crippen LogP contribution in [0.1, 0.15) is 48.2 Å². The molecule has 0 spiro atoms. The summed E-state index contributed by atoms with van der Waals surface area (Å²) in [5.41, 5.74) is 3.93. The highest BCUT2D eigenvalue weighted by Gasteiger charge is 2.22. The van der Waals surface area contributed by atoms with E-state index < -0.39 is 0 Å². The Balaban J connectivity index is 1.86. The summed E-state index contributed by atoms with van der Waals surface area (Å²) in [4.78, 5) is 18.1. The zero-order valence-electron chi connectivity index (χ0n) is 19.9. The van der Waals surface area contributed by atoms with Crippen LogP contribution in [0.3, 0.4) is 0 Å². The Kier molecular flexibility index (Phi) is 8.74. The van der Waals surface area contributed by atoms with E-state index in [2.05, 4.69) is 37.0 Å². The summed E-state index contributed by atoms with van der Waals surface area (Å²) in [5, 5.41) is 0. The van der Waals surface area contributed by atoms with E-state index in [1.807, 2.05) is 29.2 Å². The molecule has 5 nitrogen and oxygen atoms in total. The van der Waals surface area contributed by atoms with Crippen molar-refractivity contribution in [3.8, 4) is 11.5 Å². The van der Waals surface area contributed by atoms with Crippen LogP contribution < -0.4 is 9.47 Å². The Bertz CT molecular complexity index is 893. The van der Waals surface area contributed by atoms with Crippen LogP contribution in [-0.4, -0.2) is 62.7 Å². The number of amides is 1. The second kappa shape index (κ2) is 11.7. The number of ether oxygens (including phenoxy) is 2. The van der Waals surface area contributed by atoms with E-state index in [0.717, 1.165) is 42.8 Å². The fourth-order valence-corrected chi connectivity index (χ4v) is 4.31. The van der Waals surface area contributed by atoms with Gasteiger partial charge in [-0.25, -0.2) is 0 Å². The number of aryl methyl sites for hydroxylation is 1. The number of methoxy groups -OCH3 is 2. The van der Waals surface area contributed by atoms with E-state index in [9.17, 15) is 4.79 Å². The van der Waals surface area contributed by atoms with Crippen LogP contribution >= 0.6 is 0 Å². The molecule has 1 saturated heterocycles. The highest BCUT2D eigenvalue weighted by Crippen LogP contribution is 2.33. The monoisotopic (exact) mass is 436 g/mol. The SMILES string of the molecule is CCc1cc(C(=O)N(CCN2CCCC2)C/C(C)=C/c2ccccc2)cc(OC)c1OC. The average Bonchev–Trinajstić information content (AvgIpc) is 3.34. The minimum Gasteiger partial charge on any atom is -0.493 e. The van der Waals surface area contributed by atoms with Gasteiger partial charge in [0.25, 0.3) is 5.91 Å². The second-order valence-corrected chi connectivity index (χ2v) is 8.40. The molecule has 0 unspecified atom stereocenters. The second-order valence-electron chi connectivity index (χ2n) is 8.40. The Morgan fingerprint density at radius 2 is 1.81 bits per heavy atom. The van der Waals surface area contributed by atoms with Crippen molar-refractivity contribution >= 4 is 12.0 Å². The summed E-state index contributed by atoms with van der Waals surface area (Å²) in [6, 6.07) is 14.0. The molecule has 1 fully saturated rings. The summed E-state index contributed by atoms with van der Waals surface area (Å²) in [6.45, 7) is 8.59. The third kappa shape index (κ3) is 6.13. The molecule has 1 heterocycles. The van der Waals surface area contributed by atoms with Crippen molar-refractivity contribution in [1.29, 1.82) is 0 Å².